The van der Waals surface area contributed by atoms with Gasteiger partial charge in [-0.25, -0.2) is 4.39 Å². The number of benzene rings is 1. The van der Waals surface area contributed by atoms with Gasteiger partial charge in [-0.3, -0.25) is 0 Å². The van der Waals surface area contributed by atoms with Gasteiger partial charge in [0.1, 0.15) is 0 Å². The van der Waals surface area contributed by atoms with E-state index in [2.05, 4.69) is 32.8 Å². The van der Waals surface area contributed by atoms with Gasteiger partial charge in [-0.2, -0.15) is 0 Å². The standard InChI is InChI=1S/C16H23BrFN3/c1-20-7-2-3-12-10-21(8-6-13(12)20)14-5-4-11(9-19)15(17)16(14)18/h4-5,12-13H,2-3,6-10,19H2,1H3. The molecule has 0 amide bonds. The fourth-order valence-electron chi connectivity index (χ4n) is 3.85. The number of rotatable bonds is 2. The van der Waals surface area contributed by atoms with Crippen molar-refractivity contribution in [2.24, 2.45) is 11.7 Å². The van der Waals surface area contributed by atoms with Crippen LogP contribution in [0.2, 0.25) is 0 Å². The minimum atomic E-state index is -0.166. The summed E-state index contributed by atoms with van der Waals surface area (Å²) in [6, 6.07) is 4.49. The molecule has 5 heteroatoms. The van der Waals surface area contributed by atoms with Crippen LogP contribution in [0.5, 0.6) is 0 Å². The molecule has 0 spiro atoms. The Hall–Kier alpha value is -0.650. The number of piperidine rings is 2. The molecule has 2 aliphatic rings. The lowest BCUT2D eigenvalue weighted by atomic mass is 9.84. The predicted molar refractivity (Wildman–Crippen MR) is 88.0 cm³/mol. The number of nitrogens with two attached hydrogens (primary N) is 1. The summed E-state index contributed by atoms with van der Waals surface area (Å²) in [5.41, 5.74) is 7.17. The van der Waals surface area contributed by atoms with Crippen LogP contribution in [0.25, 0.3) is 0 Å². The molecule has 2 saturated heterocycles. The normalized spacial score (nSPS) is 26.8. The number of halogens is 2. The van der Waals surface area contributed by atoms with E-state index in [0.29, 0.717) is 28.7 Å². The number of fused-ring (bicyclic) bond motifs is 1. The van der Waals surface area contributed by atoms with Crippen molar-refractivity contribution < 1.29 is 4.39 Å². The summed E-state index contributed by atoms with van der Waals surface area (Å²) in [7, 11) is 2.22. The van der Waals surface area contributed by atoms with Gasteiger partial charge in [0.15, 0.2) is 5.82 Å². The Balaban J connectivity index is 1.81. The lowest BCUT2D eigenvalue weighted by Crippen LogP contribution is -2.52. The average molecular weight is 356 g/mol. The van der Waals surface area contributed by atoms with Crippen molar-refractivity contribution in [3.63, 3.8) is 0 Å². The third kappa shape index (κ3) is 2.83. The summed E-state index contributed by atoms with van der Waals surface area (Å²) in [6.07, 6.45) is 3.63. The van der Waals surface area contributed by atoms with Gasteiger partial charge < -0.3 is 15.5 Å². The minimum Gasteiger partial charge on any atom is -0.369 e. The highest BCUT2D eigenvalue weighted by molar-refractivity contribution is 9.10. The Kier molecular flexibility index (Phi) is 4.52. The van der Waals surface area contributed by atoms with Gasteiger partial charge in [-0.05, 0) is 66.3 Å². The smallest absolute Gasteiger partial charge is 0.160 e. The van der Waals surface area contributed by atoms with Crippen LogP contribution in [0.1, 0.15) is 24.8 Å². The van der Waals surface area contributed by atoms with E-state index < -0.39 is 0 Å². The van der Waals surface area contributed by atoms with E-state index in [0.717, 1.165) is 25.1 Å². The fourth-order valence-corrected chi connectivity index (χ4v) is 4.35. The molecule has 2 N–H and O–H groups in total. The number of hydrogen-bond acceptors (Lipinski definition) is 3. The first-order chi connectivity index (χ1) is 10.1. The number of anilines is 1. The maximum Gasteiger partial charge on any atom is 0.160 e. The molecule has 2 unspecified atom stereocenters. The van der Waals surface area contributed by atoms with Gasteiger partial charge in [-0.15, -0.1) is 0 Å². The Bertz CT molecular complexity index is 522. The third-order valence-electron chi connectivity index (χ3n) is 5.05. The van der Waals surface area contributed by atoms with E-state index in [-0.39, 0.29) is 5.82 Å². The van der Waals surface area contributed by atoms with E-state index in [1.54, 1.807) is 0 Å². The van der Waals surface area contributed by atoms with Gasteiger partial charge in [-0.1, -0.05) is 6.07 Å². The number of nitrogens with zero attached hydrogens (tertiary/aromatic N) is 2. The van der Waals surface area contributed by atoms with Crippen LogP contribution < -0.4 is 10.6 Å². The quantitative estimate of drug-likeness (QED) is 0.884. The van der Waals surface area contributed by atoms with Crippen molar-refractivity contribution in [3.05, 3.63) is 28.0 Å². The van der Waals surface area contributed by atoms with Crippen LogP contribution in [0.3, 0.4) is 0 Å². The molecule has 2 heterocycles. The van der Waals surface area contributed by atoms with Crippen LogP contribution in [0, 0.1) is 11.7 Å². The second kappa shape index (κ2) is 6.23. The fraction of sp³-hybridized carbons (Fsp3) is 0.625. The highest BCUT2D eigenvalue weighted by Crippen LogP contribution is 2.35. The van der Waals surface area contributed by atoms with Gasteiger partial charge in [0.05, 0.1) is 10.2 Å². The van der Waals surface area contributed by atoms with E-state index in [1.165, 1.54) is 19.4 Å². The van der Waals surface area contributed by atoms with E-state index >= 15 is 0 Å². The second-order valence-corrected chi connectivity index (χ2v) is 7.05. The third-order valence-corrected chi connectivity index (χ3v) is 5.91. The zero-order chi connectivity index (χ0) is 15.0. The molecule has 2 atom stereocenters. The molecule has 0 aromatic heterocycles. The average Bonchev–Trinajstić information content (AvgIpc) is 2.50. The minimum absolute atomic E-state index is 0.166. The lowest BCUT2D eigenvalue weighted by molar-refractivity contribution is 0.102. The van der Waals surface area contributed by atoms with Crippen LogP contribution >= 0.6 is 15.9 Å². The molecule has 0 radical (unpaired) electrons. The molecule has 0 saturated carbocycles. The second-order valence-electron chi connectivity index (χ2n) is 6.26. The molecule has 21 heavy (non-hydrogen) atoms. The summed E-state index contributed by atoms with van der Waals surface area (Å²) in [6.45, 7) is 3.44. The van der Waals surface area contributed by atoms with Crippen LogP contribution in [-0.2, 0) is 6.54 Å². The van der Waals surface area contributed by atoms with Crippen LogP contribution in [0.4, 0.5) is 10.1 Å². The molecular formula is C16H23BrFN3. The zero-order valence-corrected chi connectivity index (χ0v) is 14.1. The topological polar surface area (TPSA) is 32.5 Å². The number of hydrogen-bond donors (Lipinski definition) is 1. The summed E-state index contributed by atoms with van der Waals surface area (Å²) in [5.74, 6) is 0.491. The summed E-state index contributed by atoms with van der Waals surface area (Å²) in [4.78, 5) is 4.69. The highest BCUT2D eigenvalue weighted by atomic mass is 79.9. The molecule has 0 bridgehead atoms. The predicted octanol–water partition coefficient (Wildman–Crippen LogP) is 2.97. The molecule has 0 aliphatic carbocycles. The molecule has 2 aliphatic heterocycles. The summed E-state index contributed by atoms with van der Waals surface area (Å²) >= 11 is 3.35. The van der Waals surface area contributed by atoms with Gasteiger partial charge in [0.25, 0.3) is 0 Å². The van der Waals surface area contributed by atoms with E-state index in [9.17, 15) is 4.39 Å². The van der Waals surface area contributed by atoms with Gasteiger partial charge in [0.2, 0.25) is 0 Å². The van der Waals surface area contributed by atoms with Crippen LogP contribution in [-0.4, -0.2) is 37.6 Å². The molecule has 2 fully saturated rings. The first kappa shape index (κ1) is 15.3. The molecule has 3 nitrogen and oxygen atoms in total. The monoisotopic (exact) mass is 355 g/mol. The van der Waals surface area contributed by atoms with Crippen LogP contribution in [0.15, 0.2) is 16.6 Å². The molecular weight excluding hydrogens is 333 g/mol. The Morgan fingerprint density at radius 3 is 2.90 bits per heavy atom. The van der Waals surface area contributed by atoms with Crippen molar-refractivity contribution in [2.75, 3.05) is 31.6 Å². The maximum absolute atomic E-state index is 14.6. The van der Waals surface area contributed by atoms with Crippen molar-refractivity contribution in [1.29, 1.82) is 0 Å². The van der Waals surface area contributed by atoms with Crippen molar-refractivity contribution >= 4 is 21.6 Å². The molecule has 3 rings (SSSR count). The SMILES string of the molecule is CN1CCCC2CN(c3ccc(CN)c(Br)c3F)CCC21. The van der Waals surface area contributed by atoms with Crippen molar-refractivity contribution in [2.45, 2.75) is 31.8 Å². The maximum atomic E-state index is 14.6. The van der Waals surface area contributed by atoms with Crippen molar-refractivity contribution in [3.8, 4) is 0 Å². The van der Waals surface area contributed by atoms with E-state index in [1.807, 2.05) is 12.1 Å². The van der Waals surface area contributed by atoms with Gasteiger partial charge in [0, 0.05) is 25.7 Å². The Morgan fingerprint density at radius 1 is 1.33 bits per heavy atom. The lowest BCUT2D eigenvalue weighted by Gasteiger charge is -2.46. The molecule has 116 valence electrons. The van der Waals surface area contributed by atoms with Gasteiger partial charge >= 0.3 is 0 Å². The van der Waals surface area contributed by atoms with E-state index in [4.69, 9.17) is 5.73 Å². The largest absolute Gasteiger partial charge is 0.369 e. The Morgan fingerprint density at radius 2 is 2.14 bits per heavy atom. The molecule has 1 aromatic carbocycles. The molecule has 1 aromatic rings. The summed E-state index contributed by atoms with van der Waals surface area (Å²) < 4.78 is 15.1. The Labute approximate surface area is 134 Å². The first-order valence-electron chi connectivity index (χ1n) is 7.74. The zero-order valence-electron chi connectivity index (χ0n) is 12.5. The number of likely N-dealkylation sites (tertiary alicyclic amines) is 1. The summed E-state index contributed by atoms with van der Waals surface area (Å²) in [5, 5.41) is 0. The highest BCUT2D eigenvalue weighted by Gasteiger charge is 2.35. The first-order valence-corrected chi connectivity index (χ1v) is 8.53. The van der Waals surface area contributed by atoms with Crippen molar-refractivity contribution in [1.82, 2.24) is 4.90 Å².